The molecule has 29 heavy (non-hydrogen) atoms. The highest BCUT2D eigenvalue weighted by Crippen LogP contribution is 2.34. The molecule has 0 spiro atoms. The summed E-state index contributed by atoms with van der Waals surface area (Å²) in [6.07, 6.45) is -3.33. The molecular weight excluding hydrogens is 379 g/mol. The highest BCUT2D eigenvalue weighted by molar-refractivity contribution is 5.96. The molecule has 1 saturated heterocycles. The number of carbonyl (C=O) groups is 1. The van der Waals surface area contributed by atoms with Gasteiger partial charge in [0.2, 0.25) is 5.91 Å². The number of alkyl halides is 3. The molecule has 3 rings (SSSR count). The van der Waals surface area contributed by atoms with Crippen molar-refractivity contribution in [3.8, 4) is 6.07 Å². The van der Waals surface area contributed by atoms with Gasteiger partial charge >= 0.3 is 6.18 Å². The highest BCUT2D eigenvalue weighted by Gasteiger charge is 2.35. The van der Waals surface area contributed by atoms with E-state index in [0.29, 0.717) is 37.7 Å². The van der Waals surface area contributed by atoms with Gasteiger partial charge in [-0.05, 0) is 24.1 Å². The third-order valence-corrected chi connectivity index (χ3v) is 4.83. The van der Waals surface area contributed by atoms with Crippen molar-refractivity contribution in [2.24, 2.45) is 0 Å². The molecule has 150 valence electrons. The number of amides is 1. The van der Waals surface area contributed by atoms with Crippen LogP contribution >= 0.6 is 0 Å². The highest BCUT2D eigenvalue weighted by atomic mass is 19.4. The first-order chi connectivity index (χ1) is 13.9. The van der Waals surface area contributed by atoms with Crippen LogP contribution in [0.25, 0.3) is 5.57 Å². The Morgan fingerprint density at radius 3 is 2.34 bits per heavy atom. The van der Waals surface area contributed by atoms with E-state index >= 15 is 0 Å². The number of hydrogen-bond donors (Lipinski definition) is 0. The molecule has 0 unspecified atom stereocenters. The maximum absolute atomic E-state index is 13.5. The van der Waals surface area contributed by atoms with Gasteiger partial charge in [-0.3, -0.25) is 4.79 Å². The van der Waals surface area contributed by atoms with Gasteiger partial charge in [0.05, 0.1) is 16.8 Å². The molecule has 0 radical (unpaired) electrons. The smallest absolute Gasteiger partial charge is 0.369 e. The van der Waals surface area contributed by atoms with E-state index in [1.165, 1.54) is 29.2 Å². The number of hydrogen-bond acceptors (Lipinski definition) is 3. The van der Waals surface area contributed by atoms with Gasteiger partial charge in [0, 0.05) is 32.3 Å². The fourth-order valence-electron chi connectivity index (χ4n) is 3.38. The second-order valence-corrected chi connectivity index (χ2v) is 6.72. The summed E-state index contributed by atoms with van der Waals surface area (Å²) in [7, 11) is 0. The first-order valence-corrected chi connectivity index (χ1v) is 9.27. The van der Waals surface area contributed by atoms with Gasteiger partial charge < -0.3 is 9.80 Å². The van der Waals surface area contributed by atoms with Crippen molar-refractivity contribution in [2.45, 2.75) is 12.6 Å². The van der Waals surface area contributed by atoms with Crippen molar-refractivity contribution in [1.29, 1.82) is 5.26 Å². The van der Waals surface area contributed by atoms with Crippen LogP contribution in [0.15, 0.2) is 60.7 Å². The molecular formula is C22H20F3N3O. The zero-order valence-corrected chi connectivity index (χ0v) is 15.7. The van der Waals surface area contributed by atoms with Gasteiger partial charge in [0.1, 0.15) is 6.07 Å². The molecule has 0 saturated carbocycles. The summed E-state index contributed by atoms with van der Waals surface area (Å²) >= 11 is 0. The van der Waals surface area contributed by atoms with Crippen molar-refractivity contribution in [3.05, 3.63) is 71.8 Å². The monoisotopic (exact) mass is 399 g/mol. The number of carbonyl (C=O) groups excluding carboxylic acids is 1. The molecule has 2 aromatic rings. The third kappa shape index (κ3) is 4.96. The number of rotatable bonds is 3. The van der Waals surface area contributed by atoms with Crippen LogP contribution in [0.2, 0.25) is 0 Å². The molecule has 4 nitrogen and oxygen atoms in total. The van der Waals surface area contributed by atoms with E-state index in [1.54, 1.807) is 18.2 Å². The fourth-order valence-corrected chi connectivity index (χ4v) is 3.38. The Bertz CT molecular complexity index is 932. The molecule has 1 aliphatic heterocycles. The Balaban J connectivity index is 1.78. The van der Waals surface area contributed by atoms with E-state index in [0.717, 1.165) is 5.69 Å². The Morgan fingerprint density at radius 1 is 0.966 bits per heavy atom. The molecule has 1 heterocycles. The lowest BCUT2D eigenvalue weighted by molar-refractivity contribution is -0.126. The maximum Gasteiger partial charge on any atom is 0.417 e. The van der Waals surface area contributed by atoms with E-state index in [2.05, 4.69) is 6.07 Å². The van der Waals surface area contributed by atoms with Crippen LogP contribution in [0.3, 0.4) is 0 Å². The molecule has 0 N–H and O–H groups in total. The molecule has 1 aliphatic rings. The average Bonchev–Trinajstić information content (AvgIpc) is 2.98. The second-order valence-electron chi connectivity index (χ2n) is 6.72. The van der Waals surface area contributed by atoms with Crippen LogP contribution in [0.5, 0.6) is 0 Å². The number of halogens is 3. The maximum atomic E-state index is 13.5. The van der Waals surface area contributed by atoms with Crippen LogP contribution in [-0.4, -0.2) is 43.2 Å². The normalized spacial score (nSPS) is 15.6. The predicted octanol–water partition coefficient (Wildman–Crippen LogP) is 4.24. The largest absolute Gasteiger partial charge is 0.417 e. The number of benzene rings is 2. The van der Waals surface area contributed by atoms with Crippen molar-refractivity contribution >= 4 is 17.2 Å². The summed E-state index contributed by atoms with van der Waals surface area (Å²) in [4.78, 5) is 16.1. The summed E-state index contributed by atoms with van der Waals surface area (Å²) in [6, 6.07) is 16.7. The molecule has 7 heteroatoms. The minimum absolute atomic E-state index is 0.0345. The topological polar surface area (TPSA) is 47.3 Å². The summed E-state index contributed by atoms with van der Waals surface area (Å²) in [5.74, 6) is -0.656. The minimum Gasteiger partial charge on any atom is -0.369 e. The second kappa shape index (κ2) is 8.82. The van der Waals surface area contributed by atoms with E-state index in [-0.39, 0.29) is 12.1 Å². The summed E-state index contributed by atoms with van der Waals surface area (Å²) in [6.45, 7) is 1.72. The van der Waals surface area contributed by atoms with Crippen molar-refractivity contribution in [3.63, 3.8) is 0 Å². The number of para-hydroxylation sites is 1. The average molecular weight is 399 g/mol. The number of allylic oxidation sites excluding steroid dienone is 1. The van der Waals surface area contributed by atoms with E-state index < -0.39 is 17.7 Å². The number of nitrogens with zero attached hydrogens (tertiary/aromatic N) is 3. The zero-order valence-electron chi connectivity index (χ0n) is 15.7. The van der Waals surface area contributed by atoms with E-state index in [4.69, 9.17) is 0 Å². The van der Waals surface area contributed by atoms with Crippen LogP contribution in [-0.2, 0) is 4.79 Å². The number of anilines is 1. The standard InChI is InChI=1S/C22H20F3N3O/c23-22(24,25)19(17-7-2-1-3-8-17)15-21(29)28-12-6-11-27(13-14-28)20-10-5-4-9-18(20)16-26/h1-5,7-10,15H,6,11-14H2/b19-15+. The van der Waals surface area contributed by atoms with Gasteiger partial charge in [-0.25, -0.2) is 0 Å². The van der Waals surface area contributed by atoms with E-state index in [9.17, 15) is 23.2 Å². The Hall–Kier alpha value is -3.27. The summed E-state index contributed by atoms with van der Waals surface area (Å²) in [5, 5.41) is 9.29. The Kier molecular flexibility index (Phi) is 6.23. The molecule has 0 atom stereocenters. The van der Waals surface area contributed by atoms with Crippen molar-refractivity contribution in [1.82, 2.24) is 4.90 Å². The van der Waals surface area contributed by atoms with Gasteiger partial charge in [0.25, 0.3) is 0 Å². The molecule has 0 aliphatic carbocycles. The molecule has 0 bridgehead atoms. The predicted molar refractivity (Wildman–Crippen MR) is 105 cm³/mol. The van der Waals surface area contributed by atoms with Gasteiger partial charge in [-0.2, -0.15) is 18.4 Å². The summed E-state index contributed by atoms with van der Waals surface area (Å²) in [5.41, 5.74) is 0.336. The first kappa shape index (κ1) is 20.5. The van der Waals surface area contributed by atoms with Crippen LogP contribution < -0.4 is 4.90 Å². The van der Waals surface area contributed by atoms with Gasteiger partial charge in [-0.1, -0.05) is 42.5 Å². The molecule has 1 amide bonds. The Morgan fingerprint density at radius 2 is 1.66 bits per heavy atom. The lowest BCUT2D eigenvalue weighted by Gasteiger charge is -2.24. The van der Waals surface area contributed by atoms with Crippen molar-refractivity contribution < 1.29 is 18.0 Å². The number of nitriles is 1. The zero-order chi connectivity index (χ0) is 20.9. The fraction of sp³-hybridized carbons (Fsp3) is 0.273. The van der Waals surface area contributed by atoms with Crippen molar-refractivity contribution in [2.75, 3.05) is 31.1 Å². The first-order valence-electron chi connectivity index (χ1n) is 9.27. The van der Waals surface area contributed by atoms with E-state index in [1.807, 2.05) is 17.0 Å². The molecule has 1 fully saturated rings. The van der Waals surface area contributed by atoms with Crippen LogP contribution in [0, 0.1) is 11.3 Å². The Labute approximate surface area is 167 Å². The molecule has 0 aromatic heterocycles. The molecule has 2 aromatic carbocycles. The lowest BCUT2D eigenvalue weighted by atomic mass is 10.0. The van der Waals surface area contributed by atoms with Crippen LogP contribution in [0.4, 0.5) is 18.9 Å². The summed E-state index contributed by atoms with van der Waals surface area (Å²) < 4.78 is 40.5. The van der Waals surface area contributed by atoms with Crippen LogP contribution in [0.1, 0.15) is 17.5 Å². The minimum atomic E-state index is -4.62. The van der Waals surface area contributed by atoms with Gasteiger partial charge in [0.15, 0.2) is 0 Å². The lowest BCUT2D eigenvalue weighted by Crippen LogP contribution is -2.35. The third-order valence-electron chi connectivity index (χ3n) is 4.83. The quantitative estimate of drug-likeness (QED) is 0.726. The SMILES string of the molecule is N#Cc1ccccc1N1CCCN(C(=O)/C=C(\c2ccccc2)C(F)(F)F)CC1. The van der Waals surface area contributed by atoms with Gasteiger partial charge in [-0.15, -0.1) is 0 Å².